The molecule has 24 heavy (non-hydrogen) atoms. The molecular formula is C21H27N3. The van der Waals surface area contributed by atoms with Crippen molar-refractivity contribution in [1.29, 1.82) is 0 Å². The molecule has 4 rings (SSSR count). The number of nitrogens with zero attached hydrogens (tertiary/aromatic N) is 1. The summed E-state index contributed by atoms with van der Waals surface area (Å²) < 4.78 is 0. The van der Waals surface area contributed by atoms with Crippen LogP contribution in [0, 0.1) is 0 Å². The summed E-state index contributed by atoms with van der Waals surface area (Å²) >= 11 is 0. The Morgan fingerprint density at radius 3 is 2.71 bits per heavy atom. The molecule has 2 aliphatic rings. The normalized spacial score (nSPS) is 20.0. The lowest BCUT2D eigenvalue weighted by Gasteiger charge is -2.46. The molecule has 0 atom stereocenters. The van der Waals surface area contributed by atoms with Gasteiger partial charge >= 0.3 is 0 Å². The van der Waals surface area contributed by atoms with Crippen LogP contribution in [-0.4, -0.2) is 31.1 Å². The average molecular weight is 321 g/mol. The van der Waals surface area contributed by atoms with E-state index in [9.17, 15) is 0 Å². The number of fused-ring (bicyclic) bond motifs is 2. The number of hydrogen-bond donors (Lipinski definition) is 2. The Hall–Kier alpha value is -1.84. The van der Waals surface area contributed by atoms with Gasteiger partial charge in [-0.05, 0) is 54.5 Å². The van der Waals surface area contributed by atoms with Gasteiger partial charge in [-0.15, -0.1) is 0 Å². The first-order chi connectivity index (χ1) is 11.8. The zero-order valence-electron chi connectivity index (χ0n) is 14.3. The first-order valence-electron chi connectivity index (χ1n) is 9.15. The van der Waals surface area contributed by atoms with Crippen molar-refractivity contribution in [3.8, 4) is 0 Å². The minimum absolute atomic E-state index is 0.211. The topological polar surface area (TPSA) is 41.3 Å². The maximum absolute atomic E-state index is 5.88. The number of hydrogen-bond acceptors (Lipinski definition) is 3. The fraction of sp³-hybridized carbons (Fsp3) is 0.429. The molecule has 2 aliphatic heterocycles. The van der Waals surface area contributed by atoms with Crippen LogP contribution in [0.25, 0.3) is 0 Å². The second kappa shape index (κ2) is 6.58. The smallest absolute Gasteiger partial charge is 0.0461 e. The van der Waals surface area contributed by atoms with E-state index >= 15 is 0 Å². The molecule has 0 amide bonds. The van der Waals surface area contributed by atoms with Crippen molar-refractivity contribution in [3.05, 3.63) is 65.2 Å². The van der Waals surface area contributed by atoms with Gasteiger partial charge in [0.1, 0.15) is 0 Å². The van der Waals surface area contributed by atoms with Gasteiger partial charge in [-0.3, -0.25) is 0 Å². The van der Waals surface area contributed by atoms with Gasteiger partial charge < -0.3 is 16.0 Å². The van der Waals surface area contributed by atoms with Gasteiger partial charge in [0.2, 0.25) is 0 Å². The van der Waals surface area contributed by atoms with Crippen molar-refractivity contribution in [1.82, 2.24) is 10.2 Å². The second-order valence-corrected chi connectivity index (χ2v) is 7.25. The zero-order valence-corrected chi connectivity index (χ0v) is 14.3. The molecule has 0 unspecified atom stereocenters. The summed E-state index contributed by atoms with van der Waals surface area (Å²) in [7, 11) is 0. The fourth-order valence-electron chi connectivity index (χ4n) is 4.38. The van der Waals surface area contributed by atoms with Crippen molar-refractivity contribution in [2.24, 2.45) is 0 Å². The summed E-state index contributed by atoms with van der Waals surface area (Å²) in [6, 6.07) is 17.3. The summed E-state index contributed by atoms with van der Waals surface area (Å²) in [5.41, 5.74) is 11.4. The molecule has 0 aromatic heterocycles. The van der Waals surface area contributed by atoms with Crippen molar-refractivity contribution >= 4 is 5.69 Å². The van der Waals surface area contributed by atoms with Crippen LogP contribution in [0.3, 0.4) is 0 Å². The van der Waals surface area contributed by atoms with E-state index in [1.165, 1.54) is 31.5 Å². The molecule has 1 saturated heterocycles. The summed E-state index contributed by atoms with van der Waals surface area (Å²) in [4.78, 5) is 2.60. The Labute approximate surface area is 144 Å². The first kappa shape index (κ1) is 15.7. The number of rotatable bonds is 3. The van der Waals surface area contributed by atoms with Crippen LogP contribution in [0.5, 0.6) is 0 Å². The molecule has 3 heteroatoms. The molecule has 1 fully saturated rings. The van der Waals surface area contributed by atoms with Gasteiger partial charge in [-0.2, -0.15) is 0 Å². The number of anilines is 1. The predicted octanol–water partition coefficient (Wildman–Crippen LogP) is 2.95. The largest absolute Gasteiger partial charge is 0.399 e. The number of nitrogen functional groups attached to an aromatic ring is 1. The third-order valence-electron chi connectivity index (χ3n) is 5.77. The molecule has 0 bridgehead atoms. The van der Waals surface area contributed by atoms with Crippen molar-refractivity contribution in [2.45, 2.75) is 31.2 Å². The first-order valence-corrected chi connectivity index (χ1v) is 9.15. The maximum atomic E-state index is 5.88. The van der Waals surface area contributed by atoms with Gasteiger partial charge in [-0.1, -0.05) is 36.4 Å². The molecule has 2 heterocycles. The Morgan fingerprint density at radius 1 is 1.04 bits per heavy atom. The number of nitrogens with two attached hydrogens (primary N) is 1. The third kappa shape index (κ3) is 3.06. The predicted molar refractivity (Wildman–Crippen MR) is 100 cm³/mol. The molecule has 1 spiro atoms. The van der Waals surface area contributed by atoms with Crippen LogP contribution in [0.15, 0.2) is 48.5 Å². The fourth-order valence-corrected chi connectivity index (χ4v) is 4.38. The van der Waals surface area contributed by atoms with Crippen molar-refractivity contribution < 1.29 is 0 Å². The van der Waals surface area contributed by atoms with E-state index < -0.39 is 0 Å². The lowest BCUT2D eigenvalue weighted by molar-refractivity contribution is 0.130. The summed E-state index contributed by atoms with van der Waals surface area (Å²) in [6.07, 6.45) is 4.67. The Morgan fingerprint density at radius 2 is 1.88 bits per heavy atom. The van der Waals surface area contributed by atoms with Crippen LogP contribution in [0.2, 0.25) is 0 Å². The van der Waals surface area contributed by atoms with E-state index in [4.69, 9.17) is 5.73 Å². The van der Waals surface area contributed by atoms with Gasteiger partial charge in [0.15, 0.2) is 0 Å². The van der Waals surface area contributed by atoms with Crippen LogP contribution >= 0.6 is 0 Å². The average Bonchev–Trinajstić information content (AvgIpc) is 2.62. The van der Waals surface area contributed by atoms with E-state index in [0.717, 1.165) is 31.6 Å². The number of likely N-dealkylation sites (tertiary alicyclic amines) is 1. The highest BCUT2D eigenvalue weighted by atomic mass is 15.2. The highest BCUT2D eigenvalue weighted by Crippen LogP contribution is 2.37. The van der Waals surface area contributed by atoms with E-state index in [0.29, 0.717) is 0 Å². The Kier molecular flexibility index (Phi) is 4.30. The minimum Gasteiger partial charge on any atom is -0.399 e. The molecule has 126 valence electrons. The van der Waals surface area contributed by atoms with Crippen LogP contribution in [0.4, 0.5) is 5.69 Å². The summed E-state index contributed by atoms with van der Waals surface area (Å²) in [6.45, 7) is 4.58. The molecule has 3 nitrogen and oxygen atoms in total. The Bertz CT molecular complexity index is 702. The van der Waals surface area contributed by atoms with E-state index in [1.807, 2.05) is 6.07 Å². The number of nitrogens with one attached hydrogen (secondary N) is 1. The highest BCUT2D eigenvalue weighted by Gasteiger charge is 2.38. The van der Waals surface area contributed by atoms with Crippen LogP contribution in [-0.2, 0) is 18.4 Å². The third-order valence-corrected chi connectivity index (χ3v) is 5.77. The molecule has 3 N–H and O–H groups in total. The van der Waals surface area contributed by atoms with Gasteiger partial charge in [0, 0.05) is 37.4 Å². The van der Waals surface area contributed by atoms with Crippen LogP contribution < -0.4 is 11.1 Å². The number of benzene rings is 2. The zero-order chi connectivity index (χ0) is 16.4. The maximum Gasteiger partial charge on any atom is 0.0461 e. The van der Waals surface area contributed by atoms with E-state index in [-0.39, 0.29) is 5.54 Å². The van der Waals surface area contributed by atoms with E-state index in [2.05, 4.69) is 52.7 Å². The quantitative estimate of drug-likeness (QED) is 0.854. The molecule has 0 radical (unpaired) electrons. The Balaban J connectivity index is 1.39. The van der Waals surface area contributed by atoms with Gasteiger partial charge in [0.25, 0.3) is 0 Å². The molecule has 0 saturated carbocycles. The van der Waals surface area contributed by atoms with Crippen LogP contribution in [0.1, 0.15) is 29.5 Å². The molecular weight excluding hydrogens is 294 g/mol. The van der Waals surface area contributed by atoms with Crippen molar-refractivity contribution in [2.75, 3.05) is 31.9 Å². The SMILES string of the molecule is Nc1cccc(CCN2CCC3(CC2)NCCc2ccccc23)c1. The van der Waals surface area contributed by atoms with Crippen molar-refractivity contribution in [3.63, 3.8) is 0 Å². The highest BCUT2D eigenvalue weighted by molar-refractivity contribution is 5.40. The molecule has 0 aliphatic carbocycles. The minimum atomic E-state index is 0.211. The monoisotopic (exact) mass is 321 g/mol. The van der Waals surface area contributed by atoms with E-state index in [1.54, 1.807) is 11.1 Å². The van der Waals surface area contributed by atoms with Gasteiger partial charge in [-0.25, -0.2) is 0 Å². The lowest BCUT2D eigenvalue weighted by atomic mass is 9.76. The standard InChI is InChI=1S/C21H27N3/c22-19-6-3-4-17(16-19)9-13-24-14-10-21(11-15-24)20-7-2-1-5-18(20)8-12-23-21/h1-7,16,23H,8-15,22H2. The lowest BCUT2D eigenvalue weighted by Crippen LogP contribution is -2.54. The molecule has 2 aromatic rings. The molecule has 2 aromatic carbocycles. The second-order valence-electron chi connectivity index (χ2n) is 7.25. The van der Waals surface area contributed by atoms with Gasteiger partial charge in [0.05, 0.1) is 0 Å². The summed E-state index contributed by atoms with van der Waals surface area (Å²) in [5, 5.41) is 3.85. The number of piperidine rings is 1. The summed E-state index contributed by atoms with van der Waals surface area (Å²) in [5.74, 6) is 0.